The summed E-state index contributed by atoms with van der Waals surface area (Å²) in [6.45, 7) is 0. The Morgan fingerprint density at radius 3 is 2.47 bits per heavy atom. The number of halogens is 1. The van der Waals surface area contributed by atoms with Crippen molar-refractivity contribution < 1.29 is 4.39 Å². The first-order valence-electron chi connectivity index (χ1n) is 5.16. The van der Waals surface area contributed by atoms with E-state index >= 15 is 0 Å². The Kier molecular flexibility index (Phi) is 4.06. The Balaban J connectivity index is 1.93. The first-order chi connectivity index (χ1) is 8.25. The van der Waals surface area contributed by atoms with Crippen LogP contribution in [0.1, 0.15) is 11.6 Å². The molecule has 1 atom stereocenters. The summed E-state index contributed by atoms with van der Waals surface area (Å²) in [6.07, 6.45) is 3.39. The van der Waals surface area contributed by atoms with E-state index < -0.39 is 0 Å². The molecule has 1 heterocycles. The Morgan fingerprint density at radius 1 is 1.18 bits per heavy atom. The minimum Gasteiger partial charge on any atom is -0.323 e. The monoisotopic (exact) mass is 249 g/mol. The molecule has 0 saturated heterocycles. The van der Waals surface area contributed by atoms with Crippen LogP contribution >= 0.6 is 11.8 Å². The Morgan fingerprint density at radius 2 is 1.82 bits per heavy atom. The van der Waals surface area contributed by atoms with Gasteiger partial charge in [-0.05, 0) is 23.8 Å². The first kappa shape index (κ1) is 12.0. The molecule has 1 aromatic heterocycles. The van der Waals surface area contributed by atoms with Crippen molar-refractivity contribution in [1.82, 2.24) is 9.97 Å². The quantitative estimate of drug-likeness (QED) is 0.668. The fourth-order valence-corrected chi connectivity index (χ4v) is 2.12. The highest BCUT2D eigenvalue weighted by Gasteiger charge is 2.07. The van der Waals surface area contributed by atoms with Crippen molar-refractivity contribution >= 4 is 11.8 Å². The third kappa shape index (κ3) is 3.51. The molecule has 1 unspecified atom stereocenters. The van der Waals surface area contributed by atoms with Crippen LogP contribution in [-0.4, -0.2) is 15.7 Å². The van der Waals surface area contributed by atoms with E-state index in [2.05, 4.69) is 9.97 Å². The molecule has 0 aliphatic rings. The van der Waals surface area contributed by atoms with E-state index in [1.54, 1.807) is 30.6 Å². The minimum atomic E-state index is -0.250. The maximum absolute atomic E-state index is 12.7. The van der Waals surface area contributed by atoms with Gasteiger partial charge in [-0.2, -0.15) is 0 Å². The molecule has 0 aliphatic heterocycles. The molecule has 5 heteroatoms. The average Bonchev–Trinajstić information content (AvgIpc) is 2.38. The third-order valence-electron chi connectivity index (χ3n) is 2.23. The van der Waals surface area contributed by atoms with E-state index in [1.807, 2.05) is 0 Å². The fourth-order valence-electron chi connectivity index (χ4n) is 1.33. The van der Waals surface area contributed by atoms with E-state index in [0.29, 0.717) is 10.9 Å². The molecule has 0 amide bonds. The molecule has 0 spiro atoms. The van der Waals surface area contributed by atoms with Crippen LogP contribution in [0.3, 0.4) is 0 Å². The molecular weight excluding hydrogens is 237 g/mol. The zero-order valence-electron chi connectivity index (χ0n) is 9.08. The molecular formula is C12H12FN3S. The number of nitrogens with two attached hydrogens (primary N) is 1. The van der Waals surface area contributed by atoms with Gasteiger partial charge in [0.1, 0.15) is 5.82 Å². The van der Waals surface area contributed by atoms with Gasteiger partial charge in [0.05, 0.1) is 0 Å². The van der Waals surface area contributed by atoms with Gasteiger partial charge in [0, 0.05) is 24.2 Å². The van der Waals surface area contributed by atoms with Crippen molar-refractivity contribution in [2.45, 2.75) is 11.2 Å². The fraction of sp³-hybridized carbons (Fsp3) is 0.167. The number of aromatic nitrogens is 2. The normalized spacial score (nSPS) is 12.4. The van der Waals surface area contributed by atoms with Gasteiger partial charge in [-0.1, -0.05) is 23.9 Å². The molecule has 3 nitrogen and oxygen atoms in total. The number of nitrogens with zero attached hydrogens (tertiary/aromatic N) is 2. The molecule has 0 fully saturated rings. The summed E-state index contributed by atoms with van der Waals surface area (Å²) in [5.41, 5.74) is 6.91. The Bertz CT molecular complexity index is 461. The minimum absolute atomic E-state index is 0.149. The summed E-state index contributed by atoms with van der Waals surface area (Å²) in [6, 6.07) is 7.85. The smallest absolute Gasteiger partial charge is 0.187 e. The first-order valence-corrected chi connectivity index (χ1v) is 6.15. The zero-order valence-corrected chi connectivity index (χ0v) is 9.90. The highest BCUT2D eigenvalue weighted by molar-refractivity contribution is 7.99. The lowest BCUT2D eigenvalue weighted by atomic mass is 10.1. The lowest BCUT2D eigenvalue weighted by Crippen LogP contribution is -2.13. The average molecular weight is 249 g/mol. The van der Waals surface area contributed by atoms with Gasteiger partial charge in [-0.25, -0.2) is 14.4 Å². The van der Waals surface area contributed by atoms with Crippen molar-refractivity contribution in [3.63, 3.8) is 0 Å². The van der Waals surface area contributed by atoms with Crippen LogP contribution in [0.4, 0.5) is 4.39 Å². The summed E-state index contributed by atoms with van der Waals surface area (Å²) in [4.78, 5) is 8.19. The van der Waals surface area contributed by atoms with E-state index in [-0.39, 0.29) is 11.9 Å². The molecule has 0 saturated carbocycles. The lowest BCUT2D eigenvalue weighted by Gasteiger charge is -2.10. The SMILES string of the molecule is NC(CSc1ncccn1)c1ccc(F)cc1. The van der Waals surface area contributed by atoms with Gasteiger partial charge < -0.3 is 5.73 Å². The maximum Gasteiger partial charge on any atom is 0.187 e. The topological polar surface area (TPSA) is 51.8 Å². The Labute approximate surface area is 103 Å². The van der Waals surface area contributed by atoms with Crippen molar-refractivity contribution in [1.29, 1.82) is 0 Å². The predicted octanol–water partition coefficient (Wildman–Crippen LogP) is 2.41. The van der Waals surface area contributed by atoms with Crippen LogP contribution in [0.5, 0.6) is 0 Å². The summed E-state index contributed by atoms with van der Waals surface area (Å²) >= 11 is 1.49. The van der Waals surface area contributed by atoms with E-state index in [0.717, 1.165) is 5.56 Å². The second-order valence-electron chi connectivity index (χ2n) is 3.50. The number of hydrogen-bond donors (Lipinski definition) is 1. The second-order valence-corrected chi connectivity index (χ2v) is 4.49. The molecule has 0 aliphatic carbocycles. The van der Waals surface area contributed by atoms with E-state index in [1.165, 1.54) is 23.9 Å². The van der Waals surface area contributed by atoms with Crippen molar-refractivity contribution in [3.05, 3.63) is 54.1 Å². The molecule has 0 radical (unpaired) electrons. The number of benzene rings is 1. The van der Waals surface area contributed by atoms with Gasteiger partial charge in [0.15, 0.2) is 5.16 Å². The number of hydrogen-bond acceptors (Lipinski definition) is 4. The molecule has 88 valence electrons. The lowest BCUT2D eigenvalue weighted by molar-refractivity contribution is 0.626. The molecule has 1 aromatic carbocycles. The van der Waals surface area contributed by atoms with Crippen molar-refractivity contribution in [2.24, 2.45) is 5.73 Å². The summed E-state index contributed by atoms with van der Waals surface area (Å²) in [7, 11) is 0. The Hall–Kier alpha value is -1.46. The van der Waals surface area contributed by atoms with Crippen LogP contribution < -0.4 is 5.73 Å². The van der Waals surface area contributed by atoms with Crippen LogP contribution in [-0.2, 0) is 0 Å². The molecule has 2 N–H and O–H groups in total. The van der Waals surface area contributed by atoms with E-state index in [4.69, 9.17) is 5.73 Å². The standard InChI is InChI=1S/C12H12FN3S/c13-10-4-2-9(3-5-10)11(14)8-17-12-15-6-1-7-16-12/h1-7,11H,8,14H2. The van der Waals surface area contributed by atoms with Crippen LogP contribution in [0.25, 0.3) is 0 Å². The summed E-state index contributed by atoms with van der Waals surface area (Å²) in [5, 5.41) is 0.699. The number of rotatable bonds is 4. The zero-order chi connectivity index (χ0) is 12.1. The van der Waals surface area contributed by atoms with E-state index in [9.17, 15) is 4.39 Å². The summed E-state index contributed by atoms with van der Waals surface area (Å²) < 4.78 is 12.7. The molecule has 17 heavy (non-hydrogen) atoms. The second kappa shape index (κ2) is 5.75. The van der Waals surface area contributed by atoms with Gasteiger partial charge in [0.2, 0.25) is 0 Å². The van der Waals surface area contributed by atoms with Crippen LogP contribution in [0, 0.1) is 5.82 Å². The van der Waals surface area contributed by atoms with Crippen LogP contribution in [0.15, 0.2) is 47.9 Å². The third-order valence-corrected chi connectivity index (χ3v) is 3.23. The van der Waals surface area contributed by atoms with Gasteiger partial charge >= 0.3 is 0 Å². The van der Waals surface area contributed by atoms with Crippen molar-refractivity contribution in [3.8, 4) is 0 Å². The summed E-state index contributed by atoms with van der Waals surface area (Å²) in [5.74, 6) is 0.412. The molecule has 0 bridgehead atoms. The van der Waals surface area contributed by atoms with Crippen LogP contribution in [0.2, 0.25) is 0 Å². The predicted molar refractivity (Wildman–Crippen MR) is 66.1 cm³/mol. The van der Waals surface area contributed by atoms with Gasteiger partial charge in [-0.3, -0.25) is 0 Å². The highest BCUT2D eigenvalue weighted by atomic mass is 32.2. The van der Waals surface area contributed by atoms with Gasteiger partial charge in [0.25, 0.3) is 0 Å². The highest BCUT2D eigenvalue weighted by Crippen LogP contribution is 2.20. The van der Waals surface area contributed by atoms with Gasteiger partial charge in [-0.15, -0.1) is 0 Å². The largest absolute Gasteiger partial charge is 0.323 e. The number of thioether (sulfide) groups is 1. The molecule has 2 rings (SSSR count). The van der Waals surface area contributed by atoms with Crippen molar-refractivity contribution in [2.75, 3.05) is 5.75 Å². The maximum atomic E-state index is 12.7. The molecule has 2 aromatic rings.